The number of sulfonamides is 1. The third kappa shape index (κ3) is 5.97. The highest BCUT2D eigenvalue weighted by molar-refractivity contribution is 7.92. The normalized spacial score (nSPS) is 10.8. The molecule has 0 aromatic heterocycles. The first-order chi connectivity index (χ1) is 15.1. The van der Waals surface area contributed by atoms with Crippen LogP contribution in [0.25, 0.3) is 0 Å². The van der Waals surface area contributed by atoms with Crippen LogP contribution in [0.1, 0.15) is 27.6 Å². The minimum absolute atomic E-state index is 0.0193. The summed E-state index contributed by atoms with van der Waals surface area (Å²) in [4.78, 5) is 36.7. The van der Waals surface area contributed by atoms with E-state index in [1.807, 2.05) is 0 Å². The monoisotopic (exact) mass is 464 g/mol. The molecule has 2 aromatic rings. The average Bonchev–Trinajstić information content (AvgIpc) is 2.76. The van der Waals surface area contributed by atoms with E-state index >= 15 is 0 Å². The SMILES string of the molecule is CCOc1ccccc1N(CC(=O)Nc1cc(C(=O)OC)ccc1C(=O)OC)S(C)(=O)=O. The Hall–Kier alpha value is -3.60. The fourth-order valence-corrected chi connectivity index (χ4v) is 3.68. The zero-order valence-electron chi connectivity index (χ0n) is 18.1. The van der Waals surface area contributed by atoms with Crippen molar-refractivity contribution < 1.29 is 37.0 Å². The minimum atomic E-state index is -3.88. The third-order valence-electron chi connectivity index (χ3n) is 4.24. The summed E-state index contributed by atoms with van der Waals surface area (Å²) in [5, 5.41) is 2.47. The van der Waals surface area contributed by atoms with Crippen molar-refractivity contribution in [3.63, 3.8) is 0 Å². The second kappa shape index (κ2) is 10.6. The molecule has 0 saturated heterocycles. The number of hydrogen-bond donors (Lipinski definition) is 1. The van der Waals surface area contributed by atoms with E-state index in [0.29, 0.717) is 6.61 Å². The molecule has 0 aliphatic carbocycles. The van der Waals surface area contributed by atoms with Crippen molar-refractivity contribution in [3.8, 4) is 5.75 Å². The zero-order chi connectivity index (χ0) is 23.9. The molecule has 0 unspecified atom stereocenters. The molecule has 0 bridgehead atoms. The summed E-state index contributed by atoms with van der Waals surface area (Å²) in [5.74, 6) is -1.90. The molecule has 32 heavy (non-hydrogen) atoms. The van der Waals surface area contributed by atoms with E-state index in [1.54, 1.807) is 25.1 Å². The Morgan fingerprint density at radius 1 is 1.00 bits per heavy atom. The smallest absolute Gasteiger partial charge is 0.339 e. The van der Waals surface area contributed by atoms with Crippen LogP contribution in [0.4, 0.5) is 11.4 Å². The molecule has 10 nitrogen and oxygen atoms in total. The predicted molar refractivity (Wildman–Crippen MR) is 118 cm³/mol. The van der Waals surface area contributed by atoms with Gasteiger partial charge in [0.1, 0.15) is 12.3 Å². The maximum Gasteiger partial charge on any atom is 0.339 e. The van der Waals surface area contributed by atoms with Crippen LogP contribution in [-0.2, 0) is 24.3 Å². The number of hydrogen-bond acceptors (Lipinski definition) is 8. The number of rotatable bonds is 9. The van der Waals surface area contributed by atoms with Gasteiger partial charge in [0.05, 0.1) is 49.6 Å². The van der Waals surface area contributed by atoms with E-state index in [4.69, 9.17) is 9.47 Å². The first kappa shape index (κ1) is 24.7. The zero-order valence-corrected chi connectivity index (χ0v) is 18.9. The van der Waals surface area contributed by atoms with Gasteiger partial charge in [-0.05, 0) is 37.3 Å². The van der Waals surface area contributed by atoms with Gasteiger partial charge in [-0.25, -0.2) is 18.0 Å². The largest absolute Gasteiger partial charge is 0.492 e. The molecule has 0 spiro atoms. The van der Waals surface area contributed by atoms with Crippen molar-refractivity contribution in [1.29, 1.82) is 0 Å². The van der Waals surface area contributed by atoms with Crippen LogP contribution >= 0.6 is 0 Å². The van der Waals surface area contributed by atoms with Crippen molar-refractivity contribution >= 4 is 39.2 Å². The molecule has 172 valence electrons. The number of nitrogens with zero attached hydrogens (tertiary/aromatic N) is 1. The predicted octanol–water partition coefficient (Wildman–Crippen LogP) is 2.06. The quantitative estimate of drug-likeness (QED) is 0.559. The summed E-state index contributed by atoms with van der Waals surface area (Å²) in [7, 11) is -1.52. The number of amides is 1. The molecule has 0 atom stereocenters. The number of anilines is 2. The average molecular weight is 464 g/mol. The maximum atomic E-state index is 12.8. The van der Waals surface area contributed by atoms with E-state index in [9.17, 15) is 22.8 Å². The topological polar surface area (TPSA) is 128 Å². The second-order valence-corrected chi connectivity index (χ2v) is 8.37. The molecular formula is C21H24N2O8S. The summed E-state index contributed by atoms with van der Waals surface area (Å²) in [6, 6.07) is 10.3. The number of methoxy groups -OCH3 is 2. The summed E-state index contributed by atoms with van der Waals surface area (Å²) in [6.45, 7) is 1.44. The first-order valence-electron chi connectivity index (χ1n) is 9.42. The third-order valence-corrected chi connectivity index (χ3v) is 5.37. The number of nitrogens with one attached hydrogen (secondary N) is 1. The molecule has 11 heteroatoms. The van der Waals surface area contributed by atoms with Crippen molar-refractivity contribution in [2.45, 2.75) is 6.92 Å². The Bertz CT molecular complexity index is 1110. The van der Waals surface area contributed by atoms with Gasteiger partial charge in [-0.15, -0.1) is 0 Å². The van der Waals surface area contributed by atoms with Crippen LogP contribution in [0.15, 0.2) is 42.5 Å². The van der Waals surface area contributed by atoms with Crippen LogP contribution in [0, 0.1) is 0 Å². The van der Waals surface area contributed by atoms with Crippen LogP contribution in [-0.4, -0.2) is 59.9 Å². The standard InChI is InChI=1S/C21H24N2O8S/c1-5-31-18-9-7-6-8-17(18)23(32(4,27)28)13-19(24)22-16-12-14(20(25)29-2)10-11-15(16)21(26)30-3/h6-12H,5,13H2,1-4H3,(H,22,24). The van der Waals surface area contributed by atoms with Crippen LogP contribution < -0.4 is 14.4 Å². The van der Waals surface area contributed by atoms with Crippen molar-refractivity contribution in [2.75, 3.05) is 43.2 Å². The van der Waals surface area contributed by atoms with E-state index in [2.05, 4.69) is 10.1 Å². The number of para-hydroxylation sites is 2. The second-order valence-electron chi connectivity index (χ2n) is 6.46. The molecule has 0 fully saturated rings. The van der Waals surface area contributed by atoms with Gasteiger partial charge in [-0.2, -0.15) is 0 Å². The summed E-state index contributed by atoms with van der Waals surface area (Å²) in [5.41, 5.74) is 0.214. The Morgan fingerprint density at radius 2 is 1.66 bits per heavy atom. The molecule has 0 saturated carbocycles. The van der Waals surface area contributed by atoms with E-state index in [0.717, 1.165) is 17.7 Å². The Labute approximate surface area is 186 Å². The van der Waals surface area contributed by atoms with Crippen LogP contribution in [0.5, 0.6) is 5.75 Å². The number of carbonyl (C=O) groups excluding carboxylic acids is 3. The first-order valence-corrected chi connectivity index (χ1v) is 11.3. The highest BCUT2D eigenvalue weighted by Gasteiger charge is 2.25. The van der Waals surface area contributed by atoms with Gasteiger partial charge in [0.25, 0.3) is 0 Å². The lowest BCUT2D eigenvalue weighted by atomic mass is 10.1. The number of esters is 2. The van der Waals surface area contributed by atoms with E-state index in [-0.39, 0.29) is 28.3 Å². The molecule has 2 aromatic carbocycles. The summed E-state index contributed by atoms with van der Waals surface area (Å²) < 4.78 is 40.6. The van der Waals surface area contributed by atoms with Gasteiger partial charge < -0.3 is 19.5 Å². The Morgan fingerprint density at radius 3 is 2.25 bits per heavy atom. The van der Waals surface area contributed by atoms with Gasteiger partial charge in [0, 0.05) is 0 Å². The van der Waals surface area contributed by atoms with Crippen LogP contribution in [0.2, 0.25) is 0 Å². The summed E-state index contributed by atoms with van der Waals surface area (Å²) >= 11 is 0. The fourth-order valence-electron chi connectivity index (χ4n) is 2.82. The van der Waals surface area contributed by atoms with Gasteiger partial charge in [0.15, 0.2) is 0 Å². The summed E-state index contributed by atoms with van der Waals surface area (Å²) in [6.07, 6.45) is 0.959. The molecule has 2 rings (SSSR count). The molecule has 1 N–H and O–H groups in total. The van der Waals surface area contributed by atoms with Crippen molar-refractivity contribution in [3.05, 3.63) is 53.6 Å². The van der Waals surface area contributed by atoms with E-state index in [1.165, 1.54) is 31.4 Å². The number of benzene rings is 2. The Balaban J connectivity index is 2.40. The van der Waals surface area contributed by atoms with E-state index < -0.39 is 34.4 Å². The molecule has 0 radical (unpaired) electrons. The highest BCUT2D eigenvalue weighted by atomic mass is 32.2. The lowest BCUT2D eigenvalue weighted by molar-refractivity contribution is -0.114. The molecular weight excluding hydrogens is 440 g/mol. The van der Waals surface area contributed by atoms with Crippen LogP contribution in [0.3, 0.4) is 0 Å². The minimum Gasteiger partial charge on any atom is -0.492 e. The Kier molecular flexibility index (Phi) is 8.19. The van der Waals surface area contributed by atoms with Crippen molar-refractivity contribution in [2.24, 2.45) is 0 Å². The molecule has 0 heterocycles. The fraction of sp³-hybridized carbons (Fsp3) is 0.286. The van der Waals surface area contributed by atoms with Crippen molar-refractivity contribution in [1.82, 2.24) is 0 Å². The maximum absolute atomic E-state index is 12.8. The van der Waals surface area contributed by atoms with Gasteiger partial charge >= 0.3 is 11.9 Å². The number of carbonyl (C=O) groups is 3. The lowest BCUT2D eigenvalue weighted by Crippen LogP contribution is -2.38. The number of ether oxygens (including phenoxy) is 3. The van der Waals surface area contributed by atoms with Gasteiger partial charge in [-0.3, -0.25) is 9.10 Å². The van der Waals surface area contributed by atoms with Gasteiger partial charge in [0.2, 0.25) is 15.9 Å². The van der Waals surface area contributed by atoms with Gasteiger partial charge in [-0.1, -0.05) is 12.1 Å². The molecule has 1 amide bonds. The lowest BCUT2D eigenvalue weighted by Gasteiger charge is -2.24. The molecule has 0 aliphatic rings. The highest BCUT2D eigenvalue weighted by Crippen LogP contribution is 2.30. The molecule has 0 aliphatic heterocycles.